The zero-order valence-corrected chi connectivity index (χ0v) is 35.6. The maximum atomic E-state index is 13.0. The third kappa shape index (κ3) is 9.53. The number of fused-ring (bicyclic) bond motifs is 1. The van der Waals surface area contributed by atoms with E-state index in [1.54, 1.807) is 35.2 Å². The van der Waals surface area contributed by atoms with Crippen LogP contribution < -0.4 is 16.6 Å². The van der Waals surface area contributed by atoms with Crippen LogP contribution >= 0.6 is 6.72 Å². The van der Waals surface area contributed by atoms with Gasteiger partial charge < -0.3 is 38.1 Å². The third-order valence-electron chi connectivity index (χ3n) is 10.3. The number of carbonyl (C=O) groups is 1. The molecule has 0 bridgehead atoms. The van der Waals surface area contributed by atoms with Gasteiger partial charge in [-0.05, 0) is 42.1 Å². The molecule has 19 nitrogen and oxygen atoms in total. The number of H-pyrrole nitrogens is 1. The molecule has 58 heavy (non-hydrogen) atoms. The fourth-order valence-electron chi connectivity index (χ4n) is 6.32. The number of imidazole rings is 1. The number of ether oxygens (including phenoxy) is 3. The van der Waals surface area contributed by atoms with Crippen LogP contribution in [0.2, 0.25) is 18.1 Å². The van der Waals surface area contributed by atoms with E-state index in [4.69, 9.17) is 44.0 Å². The molecule has 3 aromatic heterocycles. The molecule has 0 spiro atoms. The molecule has 8 atom stereocenters. The highest BCUT2D eigenvalue weighted by Gasteiger charge is 2.51. The van der Waals surface area contributed by atoms with Crippen LogP contribution in [0.5, 0.6) is 0 Å². The average Bonchev–Trinajstić information content (AvgIpc) is 3.89. The first-order chi connectivity index (χ1) is 27.6. The summed E-state index contributed by atoms with van der Waals surface area (Å²) >= 11 is 5.92. The van der Waals surface area contributed by atoms with E-state index < -0.39 is 75.9 Å². The average molecular weight is 859 g/mol. The lowest BCUT2D eigenvalue weighted by Crippen LogP contribution is -2.46. The van der Waals surface area contributed by atoms with Crippen LogP contribution in [0, 0.1) is 11.3 Å². The van der Waals surface area contributed by atoms with Crippen molar-refractivity contribution in [2.75, 3.05) is 32.2 Å². The van der Waals surface area contributed by atoms with E-state index in [2.05, 4.69) is 59.1 Å². The second-order valence-corrected chi connectivity index (χ2v) is 22.9. The lowest BCUT2D eigenvalue weighted by Gasteiger charge is -2.39. The maximum absolute atomic E-state index is 13.0. The van der Waals surface area contributed by atoms with E-state index >= 15 is 0 Å². The highest BCUT2D eigenvalue weighted by molar-refractivity contribution is 8.07. The van der Waals surface area contributed by atoms with E-state index in [9.17, 15) is 24.8 Å². The summed E-state index contributed by atoms with van der Waals surface area (Å²) in [6.45, 7) is 5.98. The molecule has 3 N–H and O–H groups in total. The van der Waals surface area contributed by atoms with Gasteiger partial charge in [-0.15, -0.1) is 0 Å². The van der Waals surface area contributed by atoms with Crippen molar-refractivity contribution in [3.05, 3.63) is 81.7 Å². The molecule has 1 aromatic carbocycles. The Hall–Kier alpha value is -4.04. The Balaban J connectivity index is 1.26. The number of rotatable bonds is 16. The van der Waals surface area contributed by atoms with Crippen LogP contribution in [-0.2, 0) is 44.0 Å². The molecule has 2 saturated heterocycles. The van der Waals surface area contributed by atoms with Gasteiger partial charge in [0.05, 0.1) is 44.7 Å². The quantitative estimate of drug-likeness (QED) is 0.0826. The molecule has 1 amide bonds. The molecular weight excluding hydrogens is 812 g/mol. The number of hydrogen-bond donors (Lipinski definition) is 3. The van der Waals surface area contributed by atoms with Crippen molar-refractivity contribution in [3.63, 3.8) is 0 Å². The van der Waals surface area contributed by atoms with Crippen molar-refractivity contribution in [1.29, 1.82) is 5.26 Å². The predicted molar refractivity (Wildman–Crippen MR) is 215 cm³/mol. The summed E-state index contributed by atoms with van der Waals surface area (Å²) in [5.74, 6) is -0.120. The van der Waals surface area contributed by atoms with Crippen molar-refractivity contribution in [1.82, 2.24) is 29.1 Å². The van der Waals surface area contributed by atoms with Crippen molar-refractivity contribution >= 4 is 49.7 Å². The SMILES string of the molecule is CO[C@@H]1[C@H](OP(=S)(OCCC#N)OC[C@H]2O[C@@H](n3cnc4c(NC(=O)c5ccccc5)ncnc43)C[C@@H]2O[Si](C)(C)C(C)(C)C)[C@@H](CO)O[C@H]1n1ccc(=O)[nH]c1=O. The largest absolute Gasteiger partial charge is 0.411 e. The van der Waals surface area contributed by atoms with Gasteiger partial charge in [0.2, 0.25) is 0 Å². The second-order valence-electron chi connectivity index (χ2n) is 15.2. The Morgan fingerprint density at radius 1 is 1.10 bits per heavy atom. The number of aliphatic hydroxyl groups excluding tert-OH is 1. The molecule has 2 fully saturated rings. The summed E-state index contributed by atoms with van der Waals surface area (Å²) in [6, 6.07) is 11.9. The van der Waals surface area contributed by atoms with Crippen molar-refractivity contribution in [2.45, 2.75) is 94.7 Å². The normalized spacial score (nSPS) is 24.8. The fraction of sp³-hybridized carbons (Fsp3) is 0.528. The molecule has 312 valence electrons. The Labute approximate surface area is 340 Å². The second kappa shape index (κ2) is 18.1. The number of anilines is 1. The first kappa shape index (κ1) is 43.5. The standard InChI is InChI=1S/C36H47N8O11PSSi/c1-36(2,3)58(5,6)55-23-17-27(44-21-40-28-31(38-20-39-32(28)44)42-33(47)22-11-8-7-9-12-22)52-25(23)19-51-56(57,50-16-10-14-37)54-29-24(18-45)53-34(30(29)49-4)43-15-13-26(46)41-35(43)48/h7-9,11-13,15,20-21,23-25,27,29-30,34,45H,10,16-19H2,1-6H3,(H,41,46,48)(H,38,39,42,47)/t23-,24+,25+,27+,29+,30+,34+,56?/m0/s1. The number of nitrogens with zero attached hydrogens (tertiary/aromatic N) is 6. The van der Waals surface area contributed by atoms with Gasteiger partial charge in [-0.2, -0.15) is 5.26 Å². The lowest BCUT2D eigenvalue weighted by atomic mass is 10.1. The van der Waals surface area contributed by atoms with E-state index in [1.165, 1.54) is 19.6 Å². The van der Waals surface area contributed by atoms with Gasteiger partial charge in [-0.25, -0.2) is 19.7 Å². The van der Waals surface area contributed by atoms with Crippen LogP contribution in [-0.4, -0.2) is 106 Å². The number of benzene rings is 1. The van der Waals surface area contributed by atoms with E-state index in [-0.39, 0.29) is 36.4 Å². The van der Waals surface area contributed by atoms with Crippen LogP contribution in [0.15, 0.2) is 64.8 Å². The minimum absolute atomic E-state index is 0.0265. The summed E-state index contributed by atoms with van der Waals surface area (Å²) < 4.78 is 46.8. The maximum Gasteiger partial charge on any atom is 0.330 e. The summed E-state index contributed by atoms with van der Waals surface area (Å²) in [5, 5.41) is 22.3. The number of aromatic amines is 1. The lowest BCUT2D eigenvalue weighted by molar-refractivity contribution is -0.0625. The van der Waals surface area contributed by atoms with Gasteiger partial charge in [0.25, 0.3) is 11.5 Å². The Morgan fingerprint density at radius 3 is 2.53 bits per heavy atom. The molecule has 0 aliphatic carbocycles. The van der Waals surface area contributed by atoms with Gasteiger partial charge in [-0.1, -0.05) is 39.0 Å². The van der Waals surface area contributed by atoms with Crippen LogP contribution in [0.25, 0.3) is 11.2 Å². The number of amides is 1. The Bertz CT molecular complexity index is 2280. The molecule has 5 heterocycles. The molecule has 22 heteroatoms. The first-order valence-corrected chi connectivity index (χ1v) is 24.0. The fourth-order valence-corrected chi connectivity index (χ4v) is 9.78. The Morgan fingerprint density at radius 2 is 1.86 bits per heavy atom. The van der Waals surface area contributed by atoms with Gasteiger partial charge in [-0.3, -0.25) is 28.2 Å². The molecule has 6 rings (SSSR count). The molecule has 1 unspecified atom stereocenters. The molecule has 0 radical (unpaired) electrons. The first-order valence-electron chi connectivity index (χ1n) is 18.5. The number of nitriles is 1. The van der Waals surface area contributed by atoms with Gasteiger partial charge in [0.15, 0.2) is 31.5 Å². The number of hydrogen-bond acceptors (Lipinski definition) is 16. The van der Waals surface area contributed by atoms with Crippen LogP contribution in [0.3, 0.4) is 0 Å². The van der Waals surface area contributed by atoms with Crippen LogP contribution in [0.4, 0.5) is 5.82 Å². The molecular formula is C36H47N8O11PSSi. The van der Waals surface area contributed by atoms with Gasteiger partial charge >= 0.3 is 12.4 Å². The molecule has 2 aliphatic rings. The highest BCUT2D eigenvalue weighted by Crippen LogP contribution is 2.55. The van der Waals surface area contributed by atoms with E-state index in [0.717, 1.165) is 10.6 Å². The third-order valence-corrected chi connectivity index (χ3v) is 17.2. The summed E-state index contributed by atoms with van der Waals surface area (Å²) in [6.07, 6.45) is -1.69. The monoisotopic (exact) mass is 858 g/mol. The smallest absolute Gasteiger partial charge is 0.330 e. The van der Waals surface area contributed by atoms with Crippen molar-refractivity contribution < 1.29 is 42.1 Å². The van der Waals surface area contributed by atoms with Crippen LogP contribution in [0.1, 0.15) is 56.4 Å². The number of aromatic nitrogens is 6. The Kier molecular flexibility index (Phi) is 13.6. The summed E-state index contributed by atoms with van der Waals surface area (Å²) in [5.41, 5.74) is -0.129. The van der Waals surface area contributed by atoms with Gasteiger partial charge in [0.1, 0.15) is 37.0 Å². The zero-order valence-electron chi connectivity index (χ0n) is 32.8. The number of methoxy groups -OCH3 is 1. The molecule has 2 aliphatic heterocycles. The topological polar surface area (TPSA) is 236 Å². The minimum atomic E-state index is -3.80. The molecule has 0 saturated carbocycles. The number of aliphatic hydroxyl groups is 1. The number of nitrogens with one attached hydrogen (secondary N) is 2. The van der Waals surface area contributed by atoms with Crippen molar-refractivity contribution in [2.24, 2.45) is 0 Å². The summed E-state index contributed by atoms with van der Waals surface area (Å²) in [7, 11) is -1.04. The molecule has 4 aromatic rings. The minimum Gasteiger partial charge on any atom is -0.411 e. The van der Waals surface area contributed by atoms with Crippen molar-refractivity contribution in [3.8, 4) is 6.07 Å². The predicted octanol–water partition coefficient (Wildman–Crippen LogP) is 3.77. The highest BCUT2D eigenvalue weighted by atomic mass is 32.5. The number of carbonyl (C=O) groups excluding carboxylic acids is 1. The van der Waals surface area contributed by atoms with E-state index in [0.29, 0.717) is 23.1 Å². The zero-order chi connectivity index (χ0) is 41.8. The van der Waals surface area contributed by atoms with E-state index in [1.807, 2.05) is 12.1 Å². The van der Waals surface area contributed by atoms with Gasteiger partial charge in [0, 0.05) is 31.4 Å². The summed E-state index contributed by atoms with van der Waals surface area (Å²) in [4.78, 5) is 52.9.